The molecule has 42 valence electrons. The van der Waals surface area contributed by atoms with Gasteiger partial charge in [-0.2, -0.15) is 5.84 Å². The van der Waals surface area contributed by atoms with E-state index in [9.17, 15) is 4.91 Å². The molecule has 0 fully saturated rings. The second-order valence-corrected chi connectivity index (χ2v) is 2.03. The van der Waals surface area contributed by atoms with Crippen LogP contribution in [0.3, 0.4) is 0 Å². The lowest BCUT2D eigenvalue weighted by Gasteiger charge is -1.68. The molecule has 0 spiro atoms. The van der Waals surface area contributed by atoms with Crippen LogP contribution >= 0.6 is 11.3 Å². The van der Waals surface area contributed by atoms with Crippen LogP contribution in [0.4, 0.5) is 5.00 Å². The Morgan fingerprint density at radius 1 is 1.88 bits per heavy atom. The Morgan fingerprint density at radius 3 is 2.88 bits per heavy atom. The number of nitrogens with two attached hydrogens (primary N) is 1. The van der Waals surface area contributed by atoms with Gasteiger partial charge in [0.15, 0.2) is 4.87 Å². The Kier molecular flexibility index (Phi) is 1.21. The summed E-state index contributed by atoms with van der Waals surface area (Å²) in [4.78, 5) is 14.1. The fraction of sp³-hybridized carbons (Fsp3) is 0. The molecule has 0 aromatic carbocycles. The molecule has 1 aromatic rings. The first-order valence-corrected chi connectivity index (χ1v) is 2.79. The quantitative estimate of drug-likeness (QED) is 0.340. The van der Waals surface area contributed by atoms with E-state index in [0.29, 0.717) is 5.00 Å². The highest BCUT2D eigenvalue weighted by Gasteiger charge is 2.07. The van der Waals surface area contributed by atoms with E-state index in [0.717, 1.165) is 0 Å². The van der Waals surface area contributed by atoms with Crippen molar-refractivity contribution in [2.24, 2.45) is 5.84 Å². The van der Waals surface area contributed by atoms with Gasteiger partial charge in [-0.1, -0.05) is 0 Å². The number of rotatable bonds is 1. The molecule has 1 aromatic heterocycles. The number of nitroso groups, excluding NO2 is 1. The summed E-state index contributed by atoms with van der Waals surface area (Å²) in [6.07, 6.45) is 1.41. The third-order valence-corrected chi connectivity index (χ3v) is 1.39. The van der Waals surface area contributed by atoms with Crippen LogP contribution < -0.4 is 5.84 Å². The second kappa shape index (κ2) is 1.87. The maximum absolute atomic E-state index is 10.2. The first-order chi connectivity index (χ1) is 3.80. The van der Waals surface area contributed by atoms with Crippen LogP contribution in [0.15, 0.2) is 11.7 Å². The van der Waals surface area contributed by atoms with E-state index in [1.165, 1.54) is 17.5 Å². The van der Waals surface area contributed by atoms with E-state index in [-0.39, 0.29) is 4.87 Å². The van der Waals surface area contributed by atoms with Gasteiger partial charge in [0, 0.05) is 0 Å². The van der Waals surface area contributed by atoms with Gasteiger partial charge in [-0.25, -0.2) is 4.98 Å². The van der Waals surface area contributed by atoms with Crippen molar-refractivity contribution < 1.29 is 4.87 Å². The number of thiazole rings is 1. The van der Waals surface area contributed by atoms with Crippen LogP contribution in [-0.2, 0) is 0 Å². The molecule has 0 saturated heterocycles. The zero-order valence-electron chi connectivity index (χ0n) is 3.94. The van der Waals surface area contributed by atoms with Gasteiger partial charge in [0.25, 0.3) is 0 Å². The van der Waals surface area contributed by atoms with Gasteiger partial charge in [-0.05, 0) is 11.3 Å². The van der Waals surface area contributed by atoms with Gasteiger partial charge in [-0.3, -0.25) is 0 Å². The number of hydrazine groups is 1. The standard InChI is InChI=1S/C3H4N3OS/c4-6(7)3-1-5-2-8-3/h1-2H,(H2,4,7)/q+1. The van der Waals surface area contributed by atoms with E-state index in [2.05, 4.69) is 4.98 Å². The van der Waals surface area contributed by atoms with Gasteiger partial charge in [0.2, 0.25) is 0 Å². The number of nitrogens with zero attached hydrogens (tertiary/aromatic N) is 2. The molecule has 0 aliphatic heterocycles. The van der Waals surface area contributed by atoms with Crippen LogP contribution in [0.25, 0.3) is 0 Å². The molecule has 0 saturated carbocycles. The number of hydrogen-bond donors (Lipinski definition) is 1. The van der Waals surface area contributed by atoms with Crippen molar-refractivity contribution in [2.45, 2.75) is 0 Å². The molecular weight excluding hydrogens is 126 g/mol. The largest absolute Gasteiger partial charge is 0.365 e. The van der Waals surface area contributed by atoms with E-state index in [1.54, 1.807) is 5.51 Å². The SMILES string of the molecule is N[N+](=O)c1cncs1. The first-order valence-electron chi connectivity index (χ1n) is 1.91. The third-order valence-electron chi connectivity index (χ3n) is 0.636. The van der Waals surface area contributed by atoms with E-state index >= 15 is 0 Å². The molecule has 0 aliphatic carbocycles. The van der Waals surface area contributed by atoms with Crippen molar-refractivity contribution in [1.29, 1.82) is 0 Å². The third kappa shape index (κ3) is 0.812. The Labute approximate surface area is 49.5 Å². The Bertz CT molecular complexity index is 182. The highest BCUT2D eigenvalue weighted by molar-refractivity contribution is 7.12. The molecule has 0 aliphatic rings. The predicted octanol–water partition coefficient (Wildman–Crippen LogP) is 0.427. The van der Waals surface area contributed by atoms with Crippen molar-refractivity contribution in [2.75, 3.05) is 0 Å². The molecule has 1 heterocycles. The summed E-state index contributed by atoms with van der Waals surface area (Å²) in [5.74, 6) is 4.81. The first kappa shape index (κ1) is 5.17. The molecule has 4 nitrogen and oxygen atoms in total. The monoisotopic (exact) mass is 130 g/mol. The summed E-state index contributed by atoms with van der Waals surface area (Å²) < 4.78 is 0. The fourth-order valence-electron chi connectivity index (χ4n) is 0.318. The lowest BCUT2D eigenvalue weighted by Crippen LogP contribution is -2.06. The zero-order valence-corrected chi connectivity index (χ0v) is 4.76. The topological polar surface area (TPSA) is 59.0 Å². The Morgan fingerprint density at radius 2 is 2.62 bits per heavy atom. The van der Waals surface area contributed by atoms with Crippen molar-refractivity contribution in [3.63, 3.8) is 0 Å². The minimum absolute atomic E-state index is 0.289. The van der Waals surface area contributed by atoms with Crippen LogP contribution in [0.5, 0.6) is 0 Å². The molecule has 0 bridgehead atoms. The molecule has 0 radical (unpaired) electrons. The van der Waals surface area contributed by atoms with E-state index in [4.69, 9.17) is 5.84 Å². The molecule has 0 amide bonds. The molecule has 0 unspecified atom stereocenters. The van der Waals surface area contributed by atoms with Crippen LogP contribution in [0.1, 0.15) is 0 Å². The van der Waals surface area contributed by atoms with Crippen molar-refractivity contribution >= 4 is 16.3 Å². The predicted molar refractivity (Wildman–Crippen MR) is 29.6 cm³/mol. The number of aromatic nitrogens is 1. The summed E-state index contributed by atoms with van der Waals surface area (Å²) in [5, 5.41) is 0.421. The Balaban J connectivity index is 2.93. The highest BCUT2D eigenvalue weighted by atomic mass is 32.1. The highest BCUT2D eigenvalue weighted by Crippen LogP contribution is 2.12. The second-order valence-electron chi connectivity index (χ2n) is 1.17. The van der Waals surface area contributed by atoms with Crippen LogP contribution in [0.2, 0.25) is 0 Å². The summed E-state index contributed by atoms with van der Waals surface area (Å²) in [6.45, 7) is 0. The minimum Gasteiger partial charge on any atom is -0.246 e. The van der Waals surface area contributed by atoms with Crippen LogP contribution in [0, 0.1) is 4.91 Å². The summed E-state index contributed by atoms with van der Waals surface area (Å²) in [5.41, 5.74) is 1.55. The fourth-order valence-corrected chi connectivity index (χ4v) is 0.773. The van der Waals surface area contributed by atoms with E-state index in [1.807, 2.05) is 0 Å². The molecule has 8 heavy (non-hydrogen) atoms. The minimum atomic E-state index is 0.289. The van der Waals surface area contributed by atoms with Gasteiger partial charge >= 0.3 is 5.00 Å². The molecule has 1 rings (SSSR count). The normalized spacial score (nSPS) is 9.00. The van der Waals surface area contributed by atoms with Gasteiger partial charge in [0.1, 0.15) is 6.20 Å². The summed E-state index contributed by atoms with van der Waals surface area (Å²) in [7, 11) is 0. The van der Waals surface area contributed by atoms with Gasteiger partial charge in [0.05, 0.1) is 10.4 Å². The molecular formula is C3H4N3OS+. The summed E-state index contributed by atoms with van der Waals surface area (Å²) >= 11 is 1.21. The smallest absolute Gasteiger partial charge is 0.246 e. The lowest BCUT2D eigenvalue weighted by molar-refractivity contribution is -0.470. The maximum atomic E-state index is 10.2. The summed E-state index contributed by atoms with van der Waals surface area (Å²) in [6, 6.07) is 0. The maximum Gasteiger partial charge on any atom is 0.365 e. The average Bonchev–Trinajstić information content (AvgIpc) is 2.12. The average molecular weight is 130 g/mol. The van der Waals surface area contributed by atoms with Gasteiger partial charge < -0.3 is 0 Å². The van der Waals surface area contributed by atoms with Crippen molar-refractivity contribution in [3.8, 4) is 0 Å². The zero-order chi connectivity index (χ0) is 5.98. The van der Waals surface area contributed by atoms with E-state index < -0.39 is 0 Å². The van der Waals surface area contributed by atoms with Gasteiger partial charge in [-0.15, -0.1) is 0 Å². The number of hydrogen-bond acceptors (Lipinski definition) is 3. The van der Waals surface area contributed by atoms with Crippen molar-refractivity contribution in [1.82, 2.24) is 4.98 Å². The molecule has 2 N–H and O–H groups in total. The Hall–Kier alpha value is -0.970. The molecule has 5 heteroatoms. The molecule has 0 atom stereocenters. The van der Waals surface area contributed by atoms with Crippen molar-refractivity contribution in [3.05, 3.63) is 16.6 Å². The van der Waals surface area contributed by atoms with Crippen LogP contribution in [-0.4, -0.2) is 9.85 Å². The lowest BCUT2D eigenvalue weighted by atomic mass is 10.9.